The van der Waals surface area contributed by atoms with E-state index >= 15 is 0 Å². The number of carboxylic acids is 1. The second-order valence-electron chi connectivity index (χ2n) is 8.71. The van der Waals surface area contributed by atoms with Gasteiger partial charge in [-0.15, -0.1) is 0 Å². The zero-order valence-electron chi connectivity index (χ0n) is 21.0. The highest BCUT2D eigenvalue weighted by Gasteiger charge is 2.22. The summed E-state index contributed by atoms with van der Waals surface area (Å²) in [6, 6.07) is 16.5. The molecule has 1 aromatic heterocycles. The van der Waals surface area contributed by atoms with E-state index in [1.54, 1.807) is 7.11 Å². The molecule has 3 aromatic rings. The van der Waals surface area contributed by atoms with E-state index in [1.165, 1.54) is 11.3 Å². The predicted octanol–water partition coefficient (Wildman–Crippen LogP) is 5.17. The summed E-state index contributed by atoms with van der Waals surface area (Å²) in [4.78, 5) is 14.5. The maximum absolute atomic E-state index is 12.1. The minimum Gasteiger partial charge on any atom is -0.497 e. The lowest BCUT2D eigenvalue weighted by atomic mass is 10.1. The van der Waals surface area contributed by atoms with E-state index in [1.807, 2.05) is 38.1 Å². The molecule has 0 aliphatic heterocycles. The quantitative estimate of drug-likeness (QED) is 0.363. The summed E-state index contributed by atoms with van der Waals surface area (Å²) in [5, 5.41) is 13.4. The molecule has 2 aromatic carbocycles. The fourth-order valence-electron chi connectivity index (χ4n) is 4.50. The Morgan fingerprint density at radius 2 is 1.82 bits per heavy atom. The highest BCUT2D eigenvalue weighted by Crippen LogP contribution is 2.24. The summed E-state index contributed by atoms with van der Waals surface area (Å²) in [6.07, 6.45) is 0.981. The number of carboxylic acid groups (broad SMARTS) is 1. The van der Waals surface area contributed by atoms with Crippen LogP contribution in [-0.2, 0) is 13.1 Å². The van der Waals surface area contributed by atoms with E-state index in [2.05, 4.69) is 52.9 Å². The molecule has 0 aliphatic carbocycles. The summed E-state index contributed by atoms with van der Waals surface area (Å²) in [6.45, 7) is 12.1. The number of carbonyl (C=O) groups is 1. The van der Waals surface area contributed by atoms with Crippen LogP contribution in [0.3, 0.4) is 0 Å². The van der Waals surface area contributed by atoms with Crippen molar-refractivity contribution in [3.8, 4) is 5.75 Å². The number of ether oxygens (including phenoxy) is 1. The maximum atomic E-state index is 12.1. The minimum atomic E-state index is -0.873. The van der Waals surface area contributed by atoms with Gasteiger partial charge in [0.2, 0.25) is 0 Å². The van der Waals surface area contributed by atoms with Crippen molar-refractivity contribution < 1.29 is 14.6 Å². The molecule has 0 saturated carbocycles. The van der Waals surface area contributed by atoms with E-state index in [0.29, 0.717) is 18.7 Å². The van der Waals surface area contributed by atoms with Gasteiger partial charge in [-0.2, -0.15) is 0 Å². The van der Waals surface area contributed by atoms with Gasteiger partial charge in [0.25, 0.3) is 0 Å². The van der Waals surface area contributed by atoms with E-state index in [9.17, 15) is 9.90 Å². The number of anilines is 1. The third kappa shape index (κ3) is 6.00. The van der Waals surface area contributed by atoms with Gasteiger partial charge in [0.15, 0.2) is 0 Å². The van der Waals surface area contributed by atoms with Crippen molar-refractivity contribution in [2.24, 2.45) is 0 Å². The van der Waals surface area contributed by atoms with Gasteiger partial charge in [0.05, 0.1) is 12.7 Å². The standard InChI is InChI=1S/C28H37N3O3/c1-6-30(24-10-7-9-20(2)17-24)16-8-15-29-18-26-21(3)31(22(4)27(26)28(32)33)19-23-11-13-25(34-5)14-12-23/h7,9-14,17,29H,6,8,15-16,18-19H2,1-5H3,(H,32,33). The summed E-state index contributed by atoms with van der Waals surface area (Å²) in [7, 11) is 1.65. The van der Waals surface area contributed by atoms with Crippen molar-refractivity contribution >= 4 is 11.7 Å². The summed E-state index contributed by atoms with van der Waals surface area (Å²) in [5.74, 6) is -0.0627. The van der Waals surface area contributed by atoms with Gasteiger partial charge in [0, 0.05) is 48.8 Å². The molecule has 0 saturated heterocycles. The molecular weight excluding hydrogens is 426 g/mol. The summed E-state index contributed by atoms with van der Waals surface area (Å²) >= 11 is 0. The van der Waals surface area contributed by atoms with Gasteiger partial charge in [-0.1, -0.05) is 24.3 Å². The van der Waals surface area contributed by atoms with Crippen LogP contribution in [-0.4, -0.2) is 42.4 Å². The molecule has 3 rings (SSSR count). The van der Waals surface area contributed by atoms with Crippen LogP contribution in [0.2, 0.25) is 0 Å². The molecule has 0 bridgehead atoms. The number of hydrogen-bond acceptors (Lipinski definition) is 4. The van der Waals surface area contributed by atoms with E-state index in [4.69, 9.17) is 4.74 Å². The summed E-state index contributed by atoms with van der Waals surface area (Å²) in [5.41, 5.74) is 6.67. The number of benzene rings is 2. The first-order valence-electron chi connectivity index (χ1n) is 11.9. The second-order valence-corrected chi connectivity index (χ2v) is 8.71. The first-order valence-corrected chi connectivity index (χ1v) is 11.9. The zero-order valence-corrected chi connectivity index (χ0v) is 21.0. The summed E-state index contributed by atoms with van der Waals surface area (Å²) < 4.78 is 7.34. The van der Waals surface area contributed by atoms with Gasteiger partial charge in [0.1, 0.15) is 5.75 Å². The van der Waals surface area contributed by atoms with Crippen molar-refractivity contribution in [3.05, 3.63) is 82.2 Å². The number of rotatable bonds is 12. The van der Waals surface area contributed by atoms with Crippen LogP contribution in [0.4, 0.5) is 5.69 Å². The highest BCUT2D eigenvalue weighted by molar-refractivity contribution is 5.91. The SMILES string of the molecule is CCN(CCCNCc1c(C(=O)O)c(C)n(Cc2ccc(OC)cc2)c1C)c1cccc(C)c1. The Hall–Kier alpha value is -3.25. The molecule has 1 heterocycles. The normalized spacial score (nSPS) is 11.0. The lowest BCUT2D eigenvalue weighted by molar-refractivity contribution is 0.0694. The number of aromatic nitrogens is 1. The maximum Gasteiger partial charge on any atom is 0.337 e. The Bertz CT molecular complexity index is 1100. The average Bonchev–Trinajstić information content (AvgIpc) is 3.06. The number of hydrogen-bond donors (Lipinski definition) is 2. The zero-order chi connectivity index (χ0) is 24.7. The van der Waals surface area contributed by atoms with Gasteiger partial charge < -0.3 is 24.6 Å². The van der Waals surface area contributed by atoms with E-state index < -0.39 is 5.97 Å². The molecule has 0 radical (unpaired) electrons. The Morgan fingerprint density at radius 1 is 1.09 bits per heavy atom. The van der Waals surface area contributed by atoms with Crippen molar-refractivity contribution in [3.63, 3.8) is 0 Å². The van der Waals surface area contributed by atoms with Crippen LogP contribution >= 0.6 is 0 Å². The third-order valence-electron chi connectivity index (χ3n) is 6.46. The molecule has 34 heavy (non-hydrogen) atoms. The smallest absolute Gasteiger partial charge is 0.337 e. The van der Waals surface area contributed by atoms with E-state index in [-0.39, 0.29) is 0 Å². The fourth-order valence-corrected chi connectivity index (χ4v) is 4.50. The Balaban J connectivity index is 1.64. The first kappa shape index (κ1) is 25.4. The van der Waals surface area contributed by atoms with Crippen molar-refractivity contribution in [1.29, 1.82) is 0 Å². The average molecular weight is 464 g/mol. The molecule has 0 spiro atoms. The Kier molecular flexibility index (Phi) is 8.77. The number of methoxy groups -OCH3 is 1. The number of aryl methyl sites for hydroxylation is 1. The lowest BCUT2D eigenvalue weighted by Crippen LogP contribution is -2.27. The molecule has 182 valence electrons. The molecule has 6 nitrogen and oxygen atoms in total. The Labute approximate surface area is 203 Å². The molecule has 0 amide bonds. The van der Waals surface area contributed by atoms with Crippen molar-refractivity contribution in [1.82, 2.24) is 9.88 Å². The van der Waals surface area contributed by atoms with Gasteiger partial charge >= 0.3 is 5.97 Å². The Morgan fingerprint density at radius 3 is 2.44 bits per heavy atom. The monoisotopic (exact) mass is 463 g/mol. The molecule has 0 unspecified atom stereocenters. The van der Waals surface area contributed by atoms with Gasteiger partial charge in [-0.05, 0) is 76.1 Å². The van der Waals surface area contributed by atoms with Gasteiger partial charge in [-0.25, -0.2) is 4.79 Å². The van der Waals surface area contributed by atoms with Crippen LogP contribution in [0.5, 0.6) is 5.75 Å². The molecule has 0 fully saturated rings. The van der Waals surface area contributed by atoms with Crippen LogP contribution in [0.25, 0.3) is 0 Å². The fraction of sp³-hybridized carbons (Fsp3) is 0.393. The van der Waals surface area contributed by atoms with E-state index in [0.717, 1.165) is 54.3 Å². The molecular formula is C28H37N3O3. The number of aromatic carboxylic acids is 1. The topological polar surface area (TPSA) is 66.7 Å². The molecule has 0 atom stereocenters. The minimum absolute atomic E-state index is 0.411. The largest absolute Gasteiger partial charge is 0.497 e. The lowest BCUT2D eigenvalue weighted by Gasteiger charge is -2.23. The molecule has 6 heteroatoms. The van der Waals surface area contributed by atoms with Gasteiger partial charge in [-0.3, -0.25) is 0 Å². The highest BCUT2D eigenvalue weighted by atomic mass is 16.5. The van der Waals surface area contributed by atoms with Crippen molar-refractivity contribution in [2.75, 3.05) is 31.6 Å². The number of nitrogens with one attached hydrogen (secondary N) is 1. The second kappa shape index (κ2) is 11.7. The third-order valence-corrected chi connectivity index (χ3v) is 6.46. The van der Waals surface area contributed by atoms with Crippen LogP contribution in [0.1, 0.15) is 51.8 Å². The first-order chi connectivity index (χ1) is 16.3. The van der Waals surface area contributed by atoms with Crippen LogP contribution in [0.15, 0.2) is 48.5 Å². The molecule has 0 aliphatic rings. The number of nitrogens with zero attached hydrogens (tertiary/aromatic N) is 2. The molecule has 2 N–H and O–H groups in total. The van der Waals surface area contributed by atoms with Crippen LogP contribution in [0, 0.1) is 20.8 Å². The van der Waals surface area contributed by atoms with Crippen LogP contribution < -0.4 is 15.0 Å². The predicted molar refractivity (Wildman–Crippen MR) is 138 cm³/mol. The van der Waals surface area contributed by atoms with Crippen molar-refractivity contribution in [2.45, 2.75) is 47.2 Å².